The molecule has 0 unspecified atom stereocenters. The maximum absolute atomic E-state index is 13.0. The van der Waals surface area contributed by atoms with Crippen LogP contribution < -0.4 is 0 Å². The number of hydrogen-bond donors (Lipinski definition) is 0. The molecule has 0 radical (unpaired) electrons. The van der Waals surface area contributed by atoms with Crippen LogP contribution in [0.5, 0.6) is 0 Å². The van der Waals surface area contributed by atoms with Crippen LogP contribution >= 0.6 is 0 Å². The number of nitrogens with zero attached hydrogens (tertiary/aromatic N) is 5. The highest BCUT2D eigenvalue weighted by atomic mass is 16.5. The second-order valence-electron chi connectivity index (χ2n) is 7.85. The smallest absolute Gasteiger partial charge is 0.274 e. The van der Waals surface area contributed by atoms with Gasteiger partial charge < -0.3 is 19.4 Å². The predicted molar refractivity (Wildman–Crippen MR) is 122 cm³/mol. The van der Waals surface area contributed by atoms with Gasteiger partial charge in [-0.2, -0.15) is 0 Å². The summed E-state index contributed by atoms with van der Waals surface area (Å²) in [6.07, 6.45) is 4.50. The standard InChI is InChI=1S/C24H31N5O4/c1-3-27(4-2)23(31)18-33-20-15-28(13-10-19-8-6-5-7-9-19)22(30)17-29(16-20)24(32)21-14-25-11-12-26-21/h5-9,11-12,14,20H,3-4,10,13,15-18H2,1-2H3/t20-/m0/s1. The number of benzene rings is 1. The molecule has 0 N–H and O–H groups in total. The van der Waals surface area contributed by atoms with E-state index in [0.29, 0.717) is 32.6 Å². The molecule has 9 heteroatoms. The van der Waals surface area contributed by atoms with Gasteiger partial charge in [-0.1, -0.05) is 30.3 Å². The van der Waals surface area contributed by atoms with Crippen molar-refractivity contribution in [1.82, 2.24) is 24.7 Å². The van der Waals surface area contributed by atoms with Crippen molar-refractivity contribution < 1.29 is 19.1 Å². The normalized spacial score (nSPS) is 16.4. The SMILES string of the molecule is CCN(CC)C(=O)CO[C@H]1CN(CCc2ccccc2)C(=O)CN(C(=O)c2cnccn2)C1. The summed E-state index contributed by atoms with van der Waals surface area (Å²) in [7, 11) is 0. The van der Waals surface area contributed by atoms with Crippen LogP contribution in [0.4, 0.5) is 0 Å². The average Bonchev–Trinajstić information content (AvgIpc) is 3.01. The number of amides is 3. The lowest BCUT2D eigenvalue weighted by Gasteiger charge is -2.26. The van der Waals surface area contributed by atoms with E-state index in [2.05, 4.69) is 9.97 Å². The van der Waals surface area contributed by atoms with E-state index in [-0.39, 0.29) is 43.1 Å². The third-order valence-electron chi connectivity index (χ3n) is 5.67. The molecule has 176 valence electrons. The lowest BCUT2D eigenvalue weighted by Crippen LogP contribution is -2.41. The van der Waals surface area contributed by atoms with Gasteiger partial charge in [0, 0.05) is 45.1 Å². The van der Waals surface area contributed by atoms with Gasteiger partial charge in [0.25, 0.3) is 5.91 Å². The molecule has 3 amide bonds. The van der Waals surface area contributed by atoms with Gasteiger partial charge >= 0.3 is 0 Å². The van der Waals surface area contributed by atoms with Crippen LogP contribution in [-0.4, -0.2) is 94.4 Å². The fourth-order valence-electron chi connectivity index (χ4n) is 3.79. The molecule has 9 nitrogen and oxygen atoms in total. The number of ether oxygens (including phenoxy) is 1. The third kappa shape index (κ3) is 6.82. The first-order valence-electron chi connectivity index (χ1n) is 11.3. The summed E-state index contributed by atoms with van der Waals surface area (Å²) in [4.78, 5) is 51.3. The summed E-state index contributed by atoms with van der Waals surface area (Å²) in [5.41, 5.74) is 1.29. The topological polar surface area (TPSA) is 95.9 Å². The first-order valence-corrected chi connectivity index (χ1v) is 11.3. The monoisotopic (exact) mass is 453 g/mol. The van der Waals surface area contributed by atoms with Gasteiger partial charge in [-0.05, 0) is 25.8 Å². The van der Waals surface area contributed by atoms with Crippen molar-refractivity contribution in [2.24, 2.45) is 0 Å². The molecule has 1 atom stereocenters. The van der Waals surface area contributed by atoms with Crippen molar-refractivity contribution in [3.8, 4) is 0 Å². The molecule has 0 saturated carbocycles. The third-order valence-corrected chi connectivity index (χ3v) is 5.67. The highest BCUT2D eigenvalue weighted by Gasteiger charge is 2.32. The van der Waals surface area contributed by atoms with Gasteiger partial charge in [-0.15, -0.1) is 0 Å². The highest BCUT2D eigenvalue weighted by molar-refractivity contribution is 5.95. The summed E-state index contributed by atoms with van der Waals surface area (Å²) in [5.74, 6) is -0.660. The molecule has 1 aliphatic rings. The first kappa shape index (κ1) is 24.3. The number of hydrogen-bond acceptors (Lipinski definition) is 6. The van der Waals surface area contributed by atoms with Crippen molar-refractivity contribution in [1.29, 1.82) is 0 Å². The Morgan fingerprint density at radius 2 is 1.88 bits per heavy atom. The number of carbonyl (C=O) groups excluding carboxylic acids is 3. The molecule has 3 rings (SSSR count). The van der Waals surface area contributed by atoms with Crippen LogP contribution in [0.25, 0.3) is 0 Å². The zero-order valence-corrected chi connectivity index (χ0v) is 19.2. The van der Waals surface area contributed by atoms with Crippen molar-refractivity contribution >= 4 is 17.7 Å². The largest absolute Gasteiger partial charge is 0.365 e. The van der Waals surface area contributed by atoms with Crippen molar-refractivity contribution in [2.45, 2.75) is 26.4 Å². The van der Waals surface area contributed by atoms with Gasteiger partial charge in [0.15, 0.2) is 0 Å². The Bertz CT molecular complexity index is 921. The quantitative estimate of drug-likeness (QED) is 0.567. The molecule has 1 fully saturated rings. The zero-order chi connectivity index (χ0) is 23.6. The molecule has 33 heavy (non-hydrogen) atoms. The van der Waals surface area contributed by atoms with E-state index in [0.717, 1.165) is 5.56 Å². The van der Waals surface area contributed by atoms with Crippen LogP contribution in [0, 0.1) is 0 Å². The molecular weight excluding hydrogens is 422 g/mol. The summed E-state index contributed by atoms with van der Waals surface area (Å²) in [5, 5.41) is 0. The summed E-state index contributed by atoms with van der Waals surface area (Å²) >= 11 is 0. The first-order chi connectivity index (χ1) is 16.0. The minimum atomic E-state index is -0.493. The molecule has 2 aromatic rings. The van der Waals surface area contributed by atoms with Crippen molar-refractivity contribution in [3.05, 3.63) is 60.2 Å². The molecule has 1 aromatic carbocycles. The van der Waals surface area contributed by atoms with Gasteiger partial charge in [0.05, 0.1) is 12.3 Å². The minimum Gasteiger partial charge on any atom is -0.365 e. The van der Waals surface area contributed by atoms with Crippen molar-refractivity contribution in [2.75, 3.05) is 45.9 Å². The number of rotatable bonds is 9. The number of likely N-dealkylation sites (N-methyl/N-ethyl adjacent to an activating group) is 1. The Labute approximate surface area is 194 Å². The Hall–Kier alpha value is -3.33. The number of carbonyl (C=O) groups is 3. The zero-order valence-electron chi connectivity index (χ0n) is 19.2. The second kappa shape index (κ2) is 12.1. The summed E-state index contributed by atoms with van der Waals surface area (Å²) in [6.45, 7) is 5.85. The second-order valence-corrected chi connectivity index (χ2v) is 7.85. The van der Waals surface area contributed by atoms with Crippen LogP contribution in [0.2, 0.25) is 0 Å². The molecule has 1 aromatic heterocycles. The maximum Gasteiger partial charge on any atom is 0.274 e. The van der Waals surface area contributed by atoms with Gasteiger partial charge in [-0.3, -0.25) is 19.4 Å². The minimum absolute atomic E-state index is 0.0753. The Morgan fingerprint density at radius 3 is 2.55 bits per heavy atom. The highest BCUT2D eigenvalue weighted by Crippen LogP contribution is 2.13. The molecule has 2 heterocycles. The van der Waals surface area contributed by atoms with Crippen LogP contribution in [-0.2, 0) is 20.7 Å². The van der Waals surface area contributed by atoms with E-state index in [9.17, 15) is 14.4 Å². The van der Waals surface area contributed by atoms with Crippen LogP contribution in [0.1, 0.15) is 29.9 Å². The molecular formula is C24H31N5O4. The summed E-state index contributed by atoms with van der Waals surface area (Å²) < 4.78 is 5.94. The lowest BCUT2D eigenvalue weighted by atomic mass is 10.1. The summed E-state index contributed by atoms with van der Waals surface area (Å²) in [6, 6.07) is 9.91. The fraction of sp³-hybridized carbons (Fsp3) is 0.458. The Balaban J connectivity index is 1.73. The van der Waals surface area contributed by atoms with Gasteiger partial charge in [0.1, 0.15) is 18.8 Å². The molecule has 0 aliphatic carbocycles. The number of aromatic nitrogens is 2. The van der Waals surface area contributed by atoms with Crippen LogP contribution in [0.3, 0.4) is 0 Å². The maximum atomic E-state index is 13.0. The van der Waals surface area contributed by atoms with E-state index in [4.69, 9.17) is 4.74 Å². The molecule has 1 saturated heterocycles. The predicted octanol–water partition coefficient (Wildman–Crippen LogP) is 1.26. The average molecular weight is 454 g/mol. The van der Waals surface area contributed by atoms with E-state index in [1.807, 2.05) is 44.2 Å². The molecule has 0 bridgehead atoms. The Morgan fingerprint density at radius 1 is 1.12 bits per heavy atom. The van der Waals surface area contributed by atoms with Gasteiger partial charge in [-0.25, -0.2) is 4.98 Å². The van der Waals surface area contributed by atoms with E-state index < -0.39 is 6.10 Å². The molecule has 0 spiro atoms. The fourth-order valence-corrected chi connectivity index (χ4v) is 3.79. The van der Waals surface area contributed by atoms with Crippen molar-refractivity contribution in [3.63, 3.8) is 0 Å². The van der Waals surface area contributed by atoms with E-state index >= 15 is 0 Å². The Kier molecular flexibility index (Phi) is 8.88. The van der Waals surface area contributed by atoms with Crippen LogP contribution in [0.15, 0.2) is 48.9 Å². The van der Waals surface area contributed by atoms with Gasteiger partial charge in [0.2, 0.25) is 11.8 Å². The molecule has 1 aliphatic heterocycles. The lowest BCUT2D eigenvalue weighted by molar-refractivity contribution is -0.138. The van der Waals surface area contributed by atoms with E-state index in [1.165, 1.54) is 23.5 Å². The van der Waals surface area contributed by atoms with E-state index in [1.54, 1.807) is 9.80 Å².